The number of amides is 1. The second-order valence-electron chi connectivity index (χ2n) is 3.86. The van der Waals surface area contributed by atoms with Crippen LogP contribution in [0.2, 0.25) is 0 Å². The summed E-state index contributed by atoms with van der Waals surface area (Å²) in [6.07, 6.45) is -0.0621. The summed E-state index contributed by atoms with van der Waals surface area (Å²) >= 11 is 4.72. The van der Waals surface area contributed by atoms with Crippen LogP contribution in [-0.2, 0) is 4.79 Å². The van der Waals surface area contributed by atoms with Crippen LogP contribution in [0.15, 0.2) is 4.47 Å². The summed E-state index contributed by atoms with van der Waals surface area (Å²) in [5, 5.41) is 8.69. The van der Waals surface area contributed by atoms with Gasteiger partial charge in [0.1, 0.15) is 4.88 Å². The Hall–Kier alpha value is -1.08. The minimum absolute atomic E-state index is 0.0621. The van der Waals surface area contributed by atoms with Crippen molar-refractivity contribution in [3.8, 4) is 5.75 Å². The van der Waals surface area contributed by atoms with Crippen molar-refractivity contribution in [1.82, 2.24) is 4.90 Å². The largest absolute Gasteiger partial charge is 0.494 e. The zero-order valence-corrected chi connectivity index (χ0v) is 13.4. The Labute approximate surface area is 124 Å². The lowest BCUT2D eigenvalue weighted by Crippen LogP contribution is -2.32. The fourth-order valence-corrected chi connectivity index (χ4v) is 3.32. The Kier molecular flexibility index (Phi) is 5.81. The number of hydrogen-bond acceptors (Lipinski definition) is 4. The Bertz CT molecular complexity index is 486. The molecule has 1 heterocycles. The highest BCUT2D eigenvalue weighted by molar-refractivity contribution is 9.10. The number of rotatable bonds is 6. The highest BCUT2D eigenvalue weighted by Gasteiger charge is 2.24. The van der Waals surface area contributed by atoms with Crippen LogP contribution in [0.3, 0.4) is 0 Å². The molecule has 0 spiro atoms. The van der Waals surface area contributed by atoms with Crippen LogP contribution in [0.4, 0.5) is 0 Å². The molecule has 0 aliphatic carbocycles. The highest BCUT2D eigenvalue weighted by atomic mass is 79.9. The van der Waals surface area contributed by atoms with Crippen LogP contribution in [0.1, 0.15) is 27.9 Å². The number of aliphatic carboxylic acids is 1. The first-order valence-electron chi connectivity index (χ1n) is 5.76. The molecule has 1 aromatic heterocycles. The van der Waals surface area contributed by atoms with Crippen LogP contribution in [0.25, 0.3) is 0 Å². The molecular weight excluding hydrogens is 334 g/mol. The average Bonchev–Trinajstić information content (AvgIpc) is 2.65. The molecular formula is C12H16BrNO4S. The summed E-state index contributed by atoms with van der Waals surface area (Å²) in [4.78, 5) is 25.9. The van der Waals surface area contributed by atoms with Crippen molar-refractivity contribution in [2.24, 2.45) is 0 Å². The van der Waals surface area contributed by atoms with E-state index < -0.39 is 5.97 Å². The van der Waals surface area contributed by atoms with Crippen molar-refractivity contribution in [2.45, 2.75) is 20.3 Å². The first-order valence-corrected chi connectivity index (χ1v) is 7.37. The first kappa shape index (κ1) is 16.0. The molecule has 19 heavy (non-hydrogen) atoms. The van der Waals surface area contributed by atoms with Gasteiger partial charge in [0.2, 0.25) is 0 Å². The van der Waals surface area contributed by atoms with Crippen molar-refractivity contribution in [2.75, 3.05) is 20.2 Å². The highest BCUT2D eigenvalue weighted by Crippen LogP contribution is 2.39. The van der Waals surface area contributed by atoms with E-state index in [0.29, 0.717) is 17.2 Å². The van der Waals surface area contributed by atoms with Crippen molar-refractivity contribution < 1.29 is 19.4 Å². The third-order valence-electron chi connectivity index (χ3n) is 2.63. The summed E-state index contributed by atoms with van der Waals surface area (Å²) in [5.41, 5.74) is 0. The quantitative estimate of drug-likeness (QED) is 0.857. The van der Waals surface area contributed by atoms with E-state index >= 15 is 0 Å². The predicted octanol–water partition coefficient (Wildman–Crippen LogP) is 2.76. The van der Waals surface area contributed by atoms with Gasteiger partial charge in [0, 0.05) is 18.0 Å². The Balaban J connectivity index is 2.97. The monoisotopic (exact) mass is 349 g/mol. The number of ether oxygens (including phenoxy) is 1. The fourth-order valence-electron chi connectivity index (χ4n) is 1.60. The number of carboxylic acids is 1. The molecule has 1 aromatic rings. The van der Waals surface area contributed by atoms with Gasteiger partial charge in [-0.2, -0.15) is 0 Å². The second kappa shape index (κ2) is 6.91. The van der Waals surface area contributed by atoms with Crippen LogP contribution >= 0.6 is 27.3 Å². The normalized spacial score (nSPS) is 10.3. The number of aryl methyl sites for hydroxylation is 1. The standard InChI is InChI=1S/C12H16BrNO4S/c1-4-14(6-5-8(15)16)12(17)11-10(18-3)9(13)7(2)19-11/h4-6H2,1-3H3,(H,15,16). The maximum atomic E-state index is 12.4. The summed E-state index contributed by atoms with van der Waals surface area (Å²) in [6, 6.07) is 0. The lowest BCUT2D eigenvalue weighted by Gasteiger charge is -2.19. The van der Waals surface area contributed by atoms with Gasteiger partial charge in [-0.3, -0.25) is 9.59 Å². The van der Waals surface area contributed by atoms with E-state index in [9.17, 15) is 9.59 Å². The third-order valence-corrected chi connectivity index (χ3v) is 4.92. The zero-order valence-electron chi connectivity index (χ0n) is 11.0. The minimum atomic E-state index is -0.915. The van der Waals surface area contributed by atoms with Gasteiger partial charge in [-0.25, -0.2) is 0 Å². The SMILES string of the molecule is CCN(CCC(=O)O)C(=O)c1sc(C)c(Br)c1OC. The number of methoxy groups -OCH3 is 1. The van der Waals surface area contributed by atoms with Gasteiger partial charge in [-0.15, -0.1) is 11.3 Å². The summed E-state index contributed by atoms with van der Waals surface area (Å²) in [5.74, 6) is -0.595. The molecule has 0 aliphatic heterocycles. The number of carbonyl (C=O) groups excluding carboxylic acids is 1. The van der Waals surface area contributed by atoms with Gasteiger partial charge >= 0.3 is 5.97 Å². The number of thiophene rings is 1. The van der Waals surface area contributed by atoms with Crippen molar-refractivity contribution in [3.63, 3.8) is 0 Å². The number of carbonyl (C=O) groups is 2. The average molecular weight is 350 g/mol. The Morgan fingerprint density at radius 1 is 1.47 bits per heavy atom. The molecule has 0 bridgehead atoms. The van der Waals surface area contributed by atoms with E-state index in [2.05, 4.69) is 15.9 Å². The van der Waals surface area contributed by atoms with Gasteiger partial charge < -0.3 is 14.7 Å². The number of halogens is 1. The first-order chi connectivity index (χ1) is 8.92. The number of carboxylic acid groups (broad SMARTS) is 1. The van der Waals surface area contributed by atoms with Crippen LogP contribution < -0.4 is 4.74 Å². The third kappa shape index (κ3) is 3.70. The van der Waals surface area contributed by atoms with Gasteiger partial charge in [-0.1, -0.05) is 0 Å². The number of hydrogen-bond donors (Lipinski definition) is 1. The lowest BCUT2D eigenvalue weighted by molar-refractivity contribution is -0.137. The zero-order chi connectivity index (χ0) is 14.6. The molecule has 5 nitrogen and oxygen atoms in total. The summed E-state index contributed by atoms with van der Waals surface area (Å²) in [6.45, 7) is 4.37. The van der Waals surface area contributed by atoms with Gasteiger partial charge in [0.25, 0.3) is 5.91 Å². The lowest BCUT2D eigenvalue weighted by atomic mass is 10.3. The Morgan fingerprint density at radius 2 is 2.11 bits per heavy atom. The van der Waals surface area contributed by atoms with E-state index in [-0.39, 0.29) is 18.9 Å². The molecule has 1 rings (SSSR count). The minimum Gasteiger partial charge on any atom is -0.494 e. The summed E-state index contributed by atoms with van der Waals surface area (Å²) in [7, 11) is 1.51. The van der Waals surface area contributed by atoms with E-state index in [1.54, 1.807) is 0 Å². The molecule has 0 atom stereocenters. The molecule has 0 aromatic carbocycles. The Morgan fingerprint density at radius 3 is 2.58 bits per heavy atom. The van der Waals surface area contributed by atoms with Crippen LogP contribution in [-0.4, -0.2) is 42.1 Å². The molecule has 7 heteroatoms. The maximum Gasteiger partial charge on any atom is 0.305 e. The van der Waals surface area contributed by atoms with Gasteiger partial charge in [-0.05, 0) is 29.8 Å². The maximum absolute atomic E-state index is 12.4. The second-order valence-corrected chi connectivity index (χ2v) is 5.88. The molecule has 0 radical (unpaired) electrons. The molecule has 0 aliphatic rings. The molecule has 0 unspecified atom stereocenters. The predicted molar refractivity (Wildman–Crippen MR) is 77.1 cm³/mol. The molecule has 1 N–H and O–H groups in total. The molecule has 1 amide bonds. The fraction of sp³-hybridized carbons (Fsp3) is 0.500. The van der Waals surface area contributed by atoms with Crippen molar-refractivity contribution >= 4 is 39.1 Å². The van der Waals surface area contributed by atoms with Crippen molar-refractivity contribution in [1.29, 1.82) is 0 Å². The van der Waals surface area contributed by atoms with E-state index in [0.717, 1.165) is 9.35 Å². The van der Waals surface area contributed by atoms with Crippen molar-refractivity contribution in [3.05, 3.63) is 14.2 Å². The van der Waals surface area contributed by atoms with Gasteiger partial charge in [0.05, 0.1) is 18.0 Å². The van der Waals surface area contributed by atoms with Crippen LogP contribution in [0.5, 0.6) is 5.75 Å². The van der Waals surface area contributed by atoms with Gasteiger partial charge in [0.15, 0.2) is 5.75 Å². The smallest absolute Gasteiger partial charge is 0.305 e. The van der Waals surface area contributed by atoms with E-state index in [1.165, 1.54) is 23.3 Å². The number of nitrogens with zero attached hydrogens (tertiary/aromatic N) is 1. The summed E-state index contributed by atoms with van der Waals surface area (Å²) < 4.78 is 6.01. The molecule has 0 fully saturated rings. The molecule has 0 saturated carbocycles. The van der Waals surface area contributed by atoms with E-state index in [4.69, 9.17) is 9.84 Å². The molecule has 0 saturated heterocycles. The van der Waals surface area contributed by atoms with E-state index in [1.807, 2.05) is 13.8 Å². The van der Waals surface area contributed by atoms with Crippen LogP contribution in [0, 0.1) is 6.92 Å². The molecule has 106 valence electrons. The topological polar surface area (TPSA) is 66.8 Å².